The molecule has 5 heteroatoms. The van der Waals surface area contributed by atoms with Crippen molar-refractivity contribution in [2.75, 3.05) is 0 Å². The number of rotatable bonds is 4. The first-order valence-corrected chi connectivity index (χ1v) is 7.21. The van der Waals surface area contributed by atoms with Gasteiger partial charge < -0.3 is 0 Å². The van der Waals surface area contributed by atoms with Crippen LogP contribution >= 0.6 is 11.8 Å². The second kappa shape index (κ2) is 5.46. The maximum absolute atomic E-state index is 12.0. The minimum atomic E-state index is 0.141. The SMILES string of the molecule is CCC(=O)c1ccccc1Sc1nnc2ccccn12. The van der Waals surface area contributed by atoms with Crippen LogP contribution in [0.3, 0.4) is 0 Å². The molecule has 0 aliphatic heterocycles. The van der Waals surface area contributed by atoms with E-state index in [0.29, 0.717) is 6.42 Å². The fourth-order valence-corrected chi connectivity index (χ4v) is 2.93. The third-order valence-corrected chi connectivity index (χ3v) is 4.03. The molecule has 100 valence electrons. The van der Waals surface area contributed by atoms with E-state index >= 15 is 0 Å². The molecule has 20 heavy (non-hydrogen) atoms. The number of carbonyl (C=O) groups excluding carboxylic acids is 1. The fourth-order valence-electron chi connectivity index (χ4n) is 1.96. The zero-order valence-corrected chi connectivity index (χ0v) is 11.8. The van der Waals surface area contributed by atoms with E-state index in [-0.39, 0.29) is 5.78 Å². The molecule has 0 radical (unpaired) electrons. The molecule has 0 saturated carbocycles. The van der Waals surface area contributed by atoms with Crippen LogP contribution in [0.5, 0.6) is 0 Å². The van der Waals surface area contributed by atoms with Crippen LogP contribution in [0.15, 0.2) is 58.7 Å². The Hall–Kier alpha value is -2.14. The number of benzene rings is 1. The number of aromatic nitrogens is 3. The summed E-state index contributed by atoms with van der Waals surface area (Å²) >= 11 is 1.46. The summed E-state index contributed by atoms with van der Waals surface area (Å²) in [6.45, 7) is 1.87. The molecule has 0 bridgehead atoms. The molecule has 0 unspecified atom stereocenters. The standard InChI is InChI=1S/C15H13N3OS/c1-2-12(19)11-7-3-4-8-13(11)20-15-17-16-14-9-5-6-10-18(14)15/h3-10H,2H2,1H3. The van der Waals surface area contributed by atoms with Gasteiger partial charge in [-0.05, 0) is 30.0 Å². The minimum absolute atomic E-state index is 0.141. The maximum Gasteiger partial charge on any atom is 0.200 e. The highest BCUT2D eigenvalue weighted by atomic mass is 32.2. The number of nitrogens with zero attached hydrogens (tertiary/aromatic N) is 3. The molecule has 1 aromatic carbocycles. The van der Waals surface area contributed by atoms with Crippen LogP contribution in [0, 0.1) is 0 Å². The summed E-state index contributed by atoms with van der Waals surface area (Å²) in [5, 5.41) is 9.06. The number of pyridine rings is 1. The van der Waals surface area contributed by atoms with E-state index in [1.165, 1.54) is 11.8 Å². The predicted octanol–water partition coefficient (Wildman–Crippen LogP) is 3.47. The van der Waals surface area contributed by atoms with Crippen molar-refractivity contribution in [3.63, 3.8) is 0 Å². The summed E-state index contributed by atoms with van der Waals surface area (Å²) in [7, 11) is 0. The van der Waals surface area contributed by atoms with Gasteiger partial charge >= 0.3 is 0 Å². The first kappa shape index (κ1) is 12.9. The van der Waals surface area contributed by atoms with Crippen molar-refractivity contribution >= 4 is 23.2 Å². The molecule has 2 aromatic heterocycles. The molecule has 0 spiro atoms. The van der Waals surface area contributed by atoms with Crippen LogP contribution in [0.2, 0.25) is 0 Å². The number of carbonyl (C=O) groups is 1. The molecule has 0 aliphatic rings. The lowest BCUT2D eigenvalue weighted by Crippen LogP contribution is -1.99. The molecular weight excluding hydrogens is 270 g/mol. The second-order valence-electron chi connectivity index (χ2n) is 4.29. The van der Waals surface area contributed by atoms with Gasteiger partial charge in [-0.15, -0.1) is 10.2 Å². The van der Waals surface area contributed by atoms with E-state index in [2.05, 4.69) is 10.2 Å². The number of ketones is 1. The molecule has 0 aliphatic carbocycles. The Morgan fingerprint density at radius 1 is 1.15 bits per heavy atom. The first-order valence-electron chi connectivity index (χ1n) is 6.39. The molecule has 2 heterocycles. The molecule has 0 atom stereocenters. The van der Waals surface area contributed by atoms with Crippen LogP contribution < -0.4 is 0 Å². The summed E-state index contributed by atoms with van der Waals surface area (Å²) in [4.78, 5) is 12.9. The van der Waals surface area contributed by atoms with Gasteiger partial charge in [0.1, 0.15) is 0 Å². The fraction of sp³-hybridized carbons (Fsp3) is 0.133. The topological polar surface area (TPSA) is 47.3 Å². The van der Waals surface area contributed by atoms with E-state index < -0.39 is 0 Å². The summed E-state index contributed by atoms with van der Waals surface area (Å²) in [5.74, 6) is 0.141. The number of Topliss-reactive ketones (excluding diaryl/α,β-unsaturated/α-hetero) is 1. The van der Waals surface area contributed by atoms with Crippen molar-refractivity contribution < 1.29 is 4.79 Å². The zero-order valence-electron chi connectivity index (χ0n) is 11.0. The molecule has 3 aromatic rings. The molecule has 0 amide bonds. The second-order valence-corrected chi connectivity index (χ2v) is 5.30. The Balaban J connectivity index is 2.01. The van der Waals surface area contributed by atoms with Gasteiger partial charge in [0.15, 0.2) is 16.6 Å². The molecule has 0 fully saturated rings. The number of hydrogen-bond donors (Lipinski definition) is 0. The lowest BCUT2D eigenvalue weighted by atomic mass is 10.1. The highest BCUT2D eigenvalue weighted by Crippen LogP contribution is 2.30. The number of hydrogen-bond acceptors (Lipinski definition) is 4. The smallest absolute Gasteiger partial charge is 0.200 e. The molecule has 4 nitrogen and oxygen atoms in total. The summed E-state index contributed by atoms with van der Waals surface area (Å²) < 4.78 is 1.91. The van der Waals surface area contributed by atoms with Gasteiger partial charge in [-0.25, -0.2) is 0 Å². The highest BCUT2D eigenvalue weighted by molar-refractivity contribution is 7.99. The lowest BCUT2D eigenvalue weighted by molar-refractivity contribution is 0.0985. The Morgan fingerprint density at radius 3 is 2.80 bits per heavy atom. The van der Waals surface area contributed by atoms with E-state index in [1.54, 1.807) is 0 Å². The average Bonchev–Trinajstić information content (AvgIpc) is 2.90. The summed E-state index contributed by atoms with van der Waals surface area (Å²) in [6, 6.07) is 13.4. The van der Waals surface area contributed by atoms with Crippen LogP contribution in [0.1, 0.15) is 23.7 Å². The van der Waals surface area contributed by atoms with Crippen LogP contribution in [-0.2, 0) is 0 Å². The maximum atomic E-state index is 12.0. The van der Waals surface area contributed by atoms with Crippen LogP contribution in [0.25, 0.3) is 5.65 Å². The summed E-state index contributed by atoms with van der Waals surface area (Å²) in [5.41, 5.74) is 1.54. The van der Waals surface area contributed by atoms with Gasteiger partial charge in [0.05, 0.1) is 0 Å². The van der Waals surface area contributed by atoms with Crippen molar-refractivity contribution in [1.29, 1.82) is 0 Å². The van der Waals surface area contributed by atoms with E-state index in [1.807, 2.05) is 60.0 Å². The first-order chi connectivity index (χ1) is 9.79. The largest absolute Gasteiger partial charge is 0.294 e. The minimum Gasteiger partial charge on any atom is -0.294 e. The van der Waals surface area contributed by atoms with Crippen molar-refractivity contribution in [3.8, 4) is 0 Å². The lowest BCUT2D eigenvalue weighted by Gasteiger charge is -2.05. The third kappa shape index (κ3) is 2.32. The van der Waals surface area contributed by atoms with Gasteiger partial charge in [-0.2, -0.15) is 0 Å². The van der Waals surface area contributed by atoms with Crippen molar-refractivity contribution in [1.82, 2.24) is 14.6 Å². The van der Waals surface area contributed by atoms with E-state index in [4.69, 9.17) is 0 Å². The Bertz CT molecular complexity index is 766. The van der Waals surface area contributed by atoms with Gasteiger partial charge in [-0.3, -0.25) is 9.20 Å². The van der Waals surface area contributed by atoms with Gasteiger partial charge in [0.2, 0.25) is 0 Å². The Labute approximate surface area is 120 Å². The predicted molar refractivity (Wildman–Crippen MR) is 78.2 cm³/mol. The summed E-state index contributed by atoms with van der Waals surface area (Å²) in [6.07, 6.45) is 2.42. The van der Waals surface area contributed by atoms with Crippen molar-refractivity contribution in [2.24, 2.45) is 0 Å². The quantitative estimate of drug-likeness (QED) is 0.688. The molecular formula is C15H13N3OS. The van der Waals surface area contributed by atoms with Crippen molar-refractivity contribution in [2.45, 2.75) is 23.4 Å². The van der Waals surface area contributed by atoms with E-state index in [0.717, 1.165) is 21.3 Å². The average molecular weight is 283 g/mol. The van der Waals surface area contributed by atoms with Gasteiger partial charge in [-0.1, -0.05) is 31.2 Å². The molecule has 3 rings (SSSR count). The molecule has 0 saturated heterocycles. The van der Waals surface area contributed by atoms with Crippen LogP contribution in [0.4, 0.5) is 0 Å². The van der Waals surface area contributed by atoms with Gasteiger partial charge in [0, 0.05) is 23.1 Å². The zero-order chi connectivity index (χ0) is 13.9. The van der Waals surface area contributed by atoms with Crippen molar-refractivity contribution in [3.05, 3.63) is 54.2 Å². The van der Waals surface area contributed by atoms with Crippen LogP contribution in [-0.4, -0.2) is 20.4 Å². The molecule has 0 N–H and O–H groups in total. The monoisotopic (exact) mass is 283 g/mol. The normalized spacial score (nSPS) is 10.8. The van der Waals surface area contributed by atoms with Gasteiger partial charge in [0.25, 0.3) is 0 Å². The Kier molecular flexibility index (Phi) is 3.52. The third-order valence-electron chi connectivity index (χ3n) is 2.99. The number of fused-ring (bicyclic) bond motifs is 1. The van der Waals surface area contributed by atoms with E-state index in [9.17, 15) is 4.79 Å². The highest BCUT2D eigenvalue weighted by Gasteiger charge is 2.13. The Morgan fingerprint density at radius 2 is 1.95 bits per heavy atom.